The Hall–Kier alpha value is 0. The van der Waals surface area contributed by atoms with Crippen LogP contribution < -0.4 is 0 Å². The topological polar surface area (TPSA) is 0 Å². The van der Waals surface area contributed by atoms with E-state index in [1.807, 2.05) is 0 Å². The van der Waals surface area contributed by atoms with E-state index in [1.54, 1.807) is 0 Å². The molecule has 0 aromatic rings. The van der Waals surface area contributed by atoms with E-state index in [0.717, 1.165) is 76.9 Å². The summed E-state index contributed by atoms with van der Waals surface area (Å²) in [5, 5.41) is 0. The van der Waals surface area contributed by atoms with Crippen molar-refractivity contribution in [3.63, 3.8) is 0 Å². The Balaban J connectivity index is -0.000000541. The zero-order valence-corrected chi connectivity index (χ0v) is 41.0. The maximum Gasteiger partial charge on any atom is -0.0360 e. The molecular formula is C52H110. The van der Waals surface area contributed by atoms with E-state index in [0.29, 0.717) is 5.41 Å². The monoisotopic (exact) mass is 735 g/mol. The Bertz CT molecular complexity index is 687. The van der Waals surface area contributed by atoms with Gasteiger partial charge in [0, 0.05) is 0 Å². The van der Waals surface area contributed by atoms with Crippen LogP contribution in [0.2, 0.25) is 0 Å². The van der Waals surface area contributed by atoms with Crippen molar-refractivity contribution >= 4 is 0 Å². The third kappa shape index (κ3) is 38.3. The first-order valence-corrected chi connectivity index (χ1v) is 24.0. The first kappa shape index (κ1) is 56.3. The van der Waals surface area contributed by atoms with E-state index < -0.39 is 0 Å². The van der Waals surface area contributed by atoms with Crippen molar-refractivity contribution in [3.05, 3.63) is 0 Å². The second-order valence-electron chi connectivity index (χ2n) is 22.1. The fraction of sp³-hybridized carbons (Fsp3) is 1.00. The average Bonchev–Trinajstić information content (AvgIpc) is 3.65. The standard InChI is InChI=1S/C9H18.2C8H16.C7H14.2C7H16.C6H14/c1-8(2)9-6-4-3-5-7-9;1-7(2)6-8-4-3-5-8;1-7(2)8-5-3-4-6-8;1-6(2)5-7-3-4-7;1-6(2)7(3,4)5;1-5-7(4)6(2)3;1-5(2)6(3)4/h8-9H,3-7H2,1-2H3;2*7-8H,3-6H2,1-2H3;6-7H,3-5H2,1-2H3;6H,1-5H3;6-7H,5H2,1-4H3;5-6H,1-4H3. The van der Waals surface area contributed by atoms with E-state index >= 15 is 0 Å². The molecule has 0 N–H and O–H groups in total. The fourth-order valence-electron chi connectivity index (χ4n) is 6.31. The Morgan fingerprint density at radius 2 is 0.712 bits per heavy atom. The van der Waals surface area contributed by atoms with E-state index in [4.69, 9.17) is 0 Å². The quantitative estimate of drug-likeness (QED) is 0.221. The largest absolute Gasteiger partial charge is 0.0651 e. The molecule has 318 valence electrons. The van der Waals surface area contributed by atoms with Gasteiger partial charge in [-0.2, -0.15) is 0 Å². The van der Waals surface area contributed by atoms with Gasteiger partial charge in [0.1, 0.15) is 0 Å². The Kier molecular flexibility index (Phi) is 35.9. The van der Waals surface area contributed by atoms with Gasteiger partial charge in [0.2, 0.25) is 0 Å². The van der Waals surface area contributed by atoms with Gasteiger partial charge in [0.25, 0.3) is 0 Å². The van der Waals surface area contributed by atoms with Gasteiger partial charge in [-0.05, 0) is 95.2 Å². The molecule has 0 bridgehead atoms. The summed E-state index contributed by atoms with van der Waals surface area (Å²) >= 11 is 0. The summed E-state index contributed by atoms with van der Waals surface area (Å²) in [4.78, 5) is 0. The van der Waals surface area contributed by atoms with Crippen LogP contribution in [0.3, 0.4) is 0 Å². The Morgan fingerprint density at radius 3 is 0.827 bits per heavy atom. The third-order valence-electron chi connectivity index (χ3n) is 13.3. The summed E-state index contributed by atoms with van der Waals surface area (Å²) in [6, 6.07) is 0. The molecule has 1 atom stereocenters. The van der Waals surface area contributed by atoms with Crippen LogP contribution in [0.25, 0.3) is 0 Å². The van der Waals surface area contributed by atoms with Gasteiger partial charge < -0.3 is 0 Å². The van der Waals surface area contributed by atoms with Crippen molar-refractivity contribution in [1.29, 1.82) is 0 Å². The summed E-state index contributed by atoms with van der Waals surface area (Å²) in [5.74, 6) is 12.4. The summed E-state index contributed by atoms with van der Waals surface area (Å²) in [5.41, 5.74) is 0.500. The lowest BCUT2D eigenvalue weighted by atomic mass is 9.80. The second-order valence-corrected chi connectivity index (χ2v) is 22.1. The number of rotatable bonds is 9. The van der Waals surface area contributed by atoms with Crippen molar-refractivity contribution in [3.8, 4) is 0 Å². The smallest absolute Gasteiger partial charge is 0.0360 e. The molecular weight excluding hydrogens is 625 g/mol. The molecule has 0 spiro atoms. The lowest BCUT2D eigenvalue weighted by Crippen LogP contribution is -2.12. The second kappa shape index (κ2) is 33.2. The third-order valence-corrected chi connectivity index (χ3v) is 13.3. The minimum Gasteiger partial charge on any atom is -0.0651 e. The van der Waals surface area contributed by atoms with Crippen LogP contribution in [0.1, 0.15) is 255 Å². The van der Waals surface area contributed by atoms with Crippen LogP contribution >= 0.6 is 0 Å². The van der Waals surface area contributed by atoms with Crippen LogP contribution in [0.15, 0.2) is 0 Å². The number of hydrogen-bond acceptors (Lipinski definition) is 0. The van der Waals surface area contributed by atoms with Crippen molar-refractivity contribution in [2.75, 3.05) is 0 Å². The highest BCUT2D eigenvalue weighted by Crippen LogP contribution is 2.35. The normalized spacial score (nSPS) is 18.6. The summed E-state index contributed by atoms with van der Waals surface area (Å²) in [6.45, 7) is 48.0. The predicted octanol–water partition coefficient (Wildman–Crippen LogP) is 19.0. The molecule has 4 fully saturated rings. The van der Waals surface area contributed by atoms with Crippen LogP contribution in [-0.4, -0.2) is 0 Å². The minimum absolute atomic E-state index is 0.500. The van der Waals surface area contributed by atoms with Crippen LogP contribution in [0.5, 0.6) is 0 Å². The SMILES string of the molecule is CC(C)C(C)(C)C.CC(C)C(C)C.CC(C)C1CCCC1.CC(C)C1CCCCC1.CC(C)CC1CC1.CC(C)CC1CCC1.CCC(C)C(C)C. The molecule has 0 amide bonds. The molecule has 0 aromatic carbocycles. The molecule has 0 saturated heterocycles. The van der Waals surface area contributed by atoms with Crippen molar-refractivity contribution in [1.82, 2.24) is 0 Å². The molecule has 0 nitrogen and oxygen atoms in total. The molecule has 4 saturated carbocycles. The average molecular weight is 735 g/mol. The molecule has 0 aliphatic heterocycles. The van der Waals surface area contributed by atoms with Crippen LogP contribution in [0, 0.1) is 82.3 Å². The Labute approximate surface area is 335 Å². The molecule has 4 aliphatic carbocycles. The molecule has 0 heteroatoms. The maximum atomic E-state index is 2.36. The van der Waals surface area contributed by atoms with Gasteiger partial charge in [-0.25, -0.2) is 0 Å². The van der Waals surface area contributed by atoms with Gasteiger partial charge >= 0.3 is 0 Å². The van der Waals surface area contributed by atoms with E-state index in [2.05, 4.69) is 145 Å². The van der Waals surface area contributed by atoms with Gasteiger partial charge in [-0.3, -0.25) is 0 Å². The molecule has 0 aromatic heterocycles. The van der Waals surface area contributed by atoms with Gasteiger partial charge in [0.05, 0.1) is 0 Å². The predicted molar refractivity (Wildman–Crippen MR) is 245 cm³/mol. The van der Waals surface area contributed by atoms with Gasteiger partial charge in [-0.15, -0.1) is 0 Å². The zero-order chi connectivity index (χ0) is 41.0. The Morgan fingerprint density at radius 1 is 0.404 bits per heavy atom. The fourth-order valence-corrected chi connectivity index (χ4v) is 6.31. The maximum absolute atomic E-state index is 2.36. The molecule has 52 heavy (non-hydrogen) atoms. The number of hydrogen-bond donors (Lipinski definition) is 0. The molecule has 4 rings (SSSR count). The van der Waals surface area contributed by atoms with E-state index in [1.165, 1.54) is 109 Å². The zero-order valence-electron chi connectivity index (χ0n) is 41.0. The van der Waals surface area contributed by atoms with E-state index in [9.17, 15) is 0 Å². The highest BCUT2D eigenvalue weighted by molar-refractivity contribution is 4.74. The highest BCUT2D eigenvalue weighted by atomic mass is 14.3. The molecule has 4 aliphatic rings. The van der Waals surface area contributed by atoms with Crippen molar-refractivity contribution in [2.45, 2.75) is 255 Å². The van der Waals surface area contributed by atoms with Gasteiger partial charge in [0.15, 0.2) is 0 Å². The summed E-state index contributed by atoms with van der Waals surface area (Å²) in [6.07, 6.45) is 25.2. The highest BCUT2D eigenvalue weighted by Gasteiger charge is 2.21. The summed E-state index contributed by atoms with van der Waals surface area (Å²) < 4.78 is 0. The summed E-state index contributed by atoms with van der Waals surface area (Å²) in [7, 11) is 0. The minimum atomic E-state index is 0.500. The van der Waals surface area contributed by atoms with Gasteiger partial charge in [-0.1, -0.05) is 242 Å². The van der Waals surface area contributed by atoms with Crippen molar-refractivity contribution < 1.29 is 0 Å². The first-order valence-electron chi connectivity index (χ1n) is 24.0. The lowest BCUT2D eigenvalue weighted by Gasteiger charge is -2.26. The lowest BCUT2D eigenvalue weighted by molar-refractivity contribution is 0.264. The molecule has 1 unspecified atom stereocenters. The van der Waals surface area contributed by atoms with Crippen molar-refractivity contribution in [2.24, 2.45) is 82.3 Å². The molecule has 0 heterocycles. The first-order chi connectivity index (χ1) is 24.0. The van der Waals surface area contributed by atoms with Crippen LogP contribution in [-0.2, 0) is 0 Å². The molecule has 0 radical (unpaired) electrons. The van der Waals surface area contributed by atoms with E-state index in [-0.39, 0.29) is 0 Å². The van der Waals surface area contributed by atoms with Crippen LogP contribution in [0.4, 0.5) is 0 Å².